The minimum Gasteiger partial charge on any atom is -0.497 e. The fraction of sp³-hybridized carbons (Fsp3) is 0.100. The summed E-state index contributed by atoms with van der Waals surface area (Å²) in [5.74, 6) is -0.254. The van der Waals surface area contributed by atoms with Crippen molar-refractivity contribution >= 4 is 18.1 Å². The van der Waals surface area contributed by atoms with Gasteiger partial charge in [-0.3, -0.25) is 4.79 Å². The average molecular weight is 511 g/mol. The number of nitrogens with one attached hydrogen (secondary N) is 1. The van der Waals surface area contributed by atoms with Crippen LogP contribution in [0.1, 0.15) is 27.0 Å². The van der Waals surface area contributed by atoms with Gasteiger partial charge in [0.05, 0.1) is 26.0 Å². The van der Waals surface area contributed by atoms with E-state index in [-0.39, 0.29) is 5.75 Å². The number of ether oxygens (including phenoxy) is 3. The number of hydrogen-bond donors (Lipinski definition) is 2. The van der Waals surface area contributed by atoms with E-state index in [1.807, 2.05) is 0 Å². The molecule has 0 heterocycles. The lowest BCUT2D eigenvalue weighted by Crippen LogP contribution is -2.43. The molecule has 8 nitrogen and oxygen atoms in total. The summed E-state index contributed by atoms with van der Waals surface area (Å²) >= 11 is 0. The lowest BCUT2D eigenvalue weighted by molar-refractivity contribution is -0.136. The van der Waals surface area contributed by atoms with Gasteiger partial charge in [0.2, 0.25) is 0 Å². The minimum atomic E-state index is -1.95. The maximum atomic E-state index is 13.2. The van der Waals surface area contributed by atoms with Crippen LogP contribution >= 0.6 is 0 Å². The van der Waals surface area contributed by atoms with Gasteiger partial charge >= 0.3 is 5.97 Å². The third-order valence-corrected chi connectivity index (χ3v) is 5.79. The van der Waals surface area contributed by atoms with E-state index >= 15 is 0 Å². The second-order valence-electron chi connectivity index (χ2n) is 8.17. The van der Waals surface area contributed by atoms with Crippen molar-refractivity contribution in [1.82, 2.24) is 5.43 Å². The molecule has 38 heavy (non-hydrogen) atoms. The van der Waals surface area contributed by atoms with Gasteiger partial charge < -0.3 is 19.3 Å². The van der Waals surface area contributed by atoms with Crippen LogP contribution in [0.25, 0.3) is 0 Å². The molecule has 0 aromatic heterocycles. The molecule has 0 bridgehead atoms. The van der Waals surface area contributed by atoms with Crippen molar-refractivity contribution in [1.29, 1.82) is 0 Å². The predicted molar refractivity (Wildman–Crippen MR) is 143 cm³/mol. The normalized spacial score (nSPS) is 11.1. The fourth-order valence-electron chi connectivity index (χ4n) is 3.79. The molecule has 4 aromatic carbocycles. The number of carbonyl (C=O) groups is 2. The zero-order valence-electron chi connectivity index (χ0n) is 20.8. The molecule has 0 aliphatic rings. The lowest BCUT2D eigenvalue weighted by Gasteiger charge is -2.27. The van der Waals surface area contributed by atoms with Gasteiger partial charge in [0.15, 0.2) is 17.1 Å². The first kappa shape index (κ1) is 26.1. The maximum Gasteiger partial charge on any atom is 0.343 e. The molecule has 4 rings (SSSR count). The molecule has 2 N–H and O–H groups in total. The molecular formula is C30H26N2O6. The van der Waals surface area contributed by atoms with E-state index in [9.17, 15) is 14.7 Å². The first-order valence-electron chi connectivity index (χ1n) is 11.7. The smallest absolute Gasteiger partial charge is 0.343 e. The van der Waals surface area contributed by atoms with Crippen LogP contribution in [0.3, 0.4) is 0 Å². The Balaban J connectivity index is 1.50. The van der Waals surface area contributed by atoms with Gasteiger partial charge in [-0.2, -0.15) is 5.10 Å². The van der Waals surface area contributed by atoms with Crippen LogP contribution < -0.4 is 19.6 Å². The van der Waals surface area contributed by atoms with Gasteiger partial charge in [0.1, 0.15) is 5.75 Å². The second-order valence-corrected chi connectivity index (χ2v) is 8.17. The molecule has 0 spiro atoms. The quantitative estimate of drug-likeness (QED) is 0.150. The Labute approximate surface area is 220 Å². The van der Waals surface area contributed by atoms with Crippen molar-refractivity contribution in [2.45, 2.75) is 5.60 Å². The molecule has 0 unspecified atom stereocenters. The summed E-state index contributed by atoms with van der Waals surface area (Å²) in [6.45, 7) is 0. The Hall–Kier alpha value is -4.95. The summed E-state index contributed by atoms with van der Waals surface area (Å²) < 4.78 is 16.0. The molecule has 0 saturated carbocycles. The Bertz CT molecular complexity index is 1400. The van der Waals surface area contributed by atoms with Crippen LogP contribution in [0.4, 0.5) is 0 Å². The summed E-state index contributed by atoms with van der Waals surface area (Å²) in [4.78, 5) is 25.7. The third kappa shape index (κ3) is 5.71. The molecule has 0 aliphatic carbocycles. The zero-order chi connectivity index (χ0) is 27.0. The number of aliphatic hydroxyl groups is 1. The monoisotopic (exact) mass is 510 g/mol. The summed E-state index contributed by atoms with van der Waals surface area (Å²) in [7, 11) is 2.96. The molecule has 4 aromatic rings. The Morgan fingerprint density at radius 3 is 2.05 bits per heavy atom. The largest absolute Gasteiger partial charge is 0.497 e. The fourth-order valence-corrected chi connectivity index (χ4v) is 3.79. The van der Waals surface area contributed by atoms with Crippen molar-refractivity contribution < 1.29 is 28.9 Å². The van der Waals surface area contributed by atoms with Crippen molar-refractivity contribution in [2.24, 2.45) is 5.10 Å². The van der Waals surface area contributed by atoms with Gasteiger partial charge in [-0.25, -0.2) is 10.2 Å². The molecule has 0 saturated heterocycles. The maximum absolute atomic E-state index is 13.2. The first-order valence-corrected chi connectivity index (χ1v) is 11.7. The van der Waals surface area contributed by atoms with E-state index in [0.29, 0.717) is 33.8 Å². The number of carbonyl (C=O) groups excluding carboxylic acids is 2. The summed E-state index contributed by atoms with van der Waals surface area (Å²) in [5.41, 5.74) is 2.17. The number of nitrogens with zero attached hydrogens (tertiary/aromatic N) is 1. The highest BCUT2D eigenvalue weighted by molar-refractivity contribution is 5.93. The highest BCUT2D eigenvalue weighted by Crippen LogP contribution is 2.30. The highest BCUT2D eigenvalue weighted by atomic mass is 16.6. The number of benzene rings is 4. The number of rotatable bonds is 9. The van der Waals surface area contributed by atoms with E-state index in [1.54, 1.807) is 103 Å². The summed E-state index contributed by atoms with van der Waals surface area (Å²) in [5, 5.41) is 15.5. The number of hydrazone groups is 1. The van der Waals surface area contributed by atoms with Crippen LogP contribution in [0, 0.1) is 0 Å². The lowest BCUT2D eigenvalue weighted by atomic mass is 9.85. The van der Waals surface area contributed by atoms with E-state index in [2.05, 4.69) is 10.5 Å². The van der Waals surface area contributed by atoms with E-state index < -0.39 is 17.5 Å². The van der Waals surface area contributed by atoms with E-state index in [4.69, 9.17) is 14.2 Å². The van der Waals surface area contributed by atoms with Crippen LogP contribution in [0.5, 0.6) is 17.2 Å². The molecule has 8 heteroatoms. The van der Waals surface area contributed by atoms with Crippen LogP contribution in [0.2, 0.25) is 0 Å². The standard InChI is InChI=1S/C30H26N2O6/c1-36-25-15-9-10-22(19-25)28(33)38-26-17-16-21(18-27(26)37-2)20-31-32-29(34)30(35,23-11-5-3-6-12-23)24-13-7-4-8-14-24/h3-20,35H,1-2H3,(H,32,34)/b31-20+. The molecule has 0 radical (unpaired) electrons. The number of hydrogen-bond acceptors (Lipinski definition) is 7. The molecule has 0 aliphatic heterocycles. The van der Waals surface area contributed by atoms with Gasteiger partial charge in [-0.1, -0.05) is 66.7 Å². The van der Waals surface area contributed by atoms with Crippen molar-refractivity contribution in [3.05, 3.63) is 125 Å². The van der Waals surface area contributed by atoms with Gasteiger partial charge in [0, 0.05) is 0 Å². The van der Waals surface area contributed by atoms with Gasteiger partial charge in [0.25, 0.3) is 5.91 Å². The minimum absolute atomic E-state index is 0.212. The second kappa shape index (κ2) is 11.9. The predicted octanol–water partition coefficient (Wildman–Crippen LogP) is 4.31. The Morgan fingerprint density at radius 2 is 1.45 bits per heavy atom. The van der Waals surface area contributed by atoms with E-state index in [0.717, 1.165) is 0 Å². The molecule has 192 valence electrons. The molecule has 0 fully saturated rings. The SMILES string of the molecule is COc1cccc(C(=O)Oc2ccc(/C=N/NC(=O)C(O)(c3ccccc3)c3ccccc3)cc2OC)c1. The van der Waals surface area contributed by atoms with Crippen molar-refractivity contribution in [3.63, 3.8) is 0 Å². The highest BCUT2D eigenvalue weighted by Gasteiger charge is 2.39. The van der Waals surface area contributed by atoms with Crippen molar-refractivity contribution in [2.75, 3.05) is 14.2 Å². The summed E-state index contributed by atoms with van der Waals surface area (Å²) in [6.07, 6.45) is 1.39. The third-order valence-electron chi connectivity index (χ3n) is 5.79. The Morgan fingerprint density at radius 1 is 0.789 bits per heavy atom. The zero-order valence-corrected chi connectivity index (χ0v) is 20.8. The topological polar surface area (TPSA) is 106 Å². The Kier molecular flexibility index (Phi) is 8.15. The molecular weight excluding hydrogens is 484 g/mol. The van der Waals surface area contributed by atoms with Crippen LogP contribution in [-0.2, 0) is 10.4 Å². The van der Waals surface area contributed by atoms with Crippen LogP contribution in [-0.4, -0.2) is 37.4 Å². The molecule has 0 atom stereocenters. The van der Waals surface area contributed by atoms with Gasteiger partial charge in [-0.15, -0.1) is 0 Å². The average Bonchev–Trinajstić information content (AvgIpc) is 2.98. The summed E-state index contributed by atoms with van der Waals surface area (Å²) in [6, 6.07) is 28.7. The van der Waals surface area contributed by atoms with E-state index in [1.165, 1.54) is 20.4 Å². The number of esters is 1. The van der Waals surface area contributed by atoms with Crippen LogP contribution in [0.15, 0.2) is 108 Å². The van der Waals surface area contributed by atoms with Gasteiger partial charge in [-0.05, 0) is 53.1 Å². The number of methoxy groups -OCH3 is 2. The first-order chi connectivity index (χ1) is 18.5. The molecule has 1 amide bonds. The number of amides is 1. The van der Waals surface area contributed by atoms with Crippen molar-refractivity contribution in [3.8, 4) is 17.2 Å².